The fourth-order valence-electron chi connectivity index (χ4n) is 8.84. The maximum atomic E-state index is 15.3. The lowest BCUT2D eigenvalue weighted by Gasteiger charge is -2.27. The number of rotatable bonds is 33. The minimum absolute atomic E-state index is 0.0670. The van der Waals surface area contributed by atoms with E-state index in [9.17, 15) is 26.4 Å². The standard InChI is InChI=1S/C52H66Cl4F4N8O12S2/c1-67(2)45-29-35-37(21-31(53)23-39(35)55)47(45)79-49-41(57)25-33(26-42(49)58)81(71,72)65-11-15-77-19-17-75-13-9-63-51(69)61-7-5-6-8-62-52(70)64-10-14-76-18-20-78-16-12-66-82(73,74)34-27-43(59)50(44(60)28-34)80-48-38-22-32(54)24-40(56)36(38)30-46(48)68(3)4/h21-28,45-48,65-66H,5-20,29-30H2,1-4H3,(H2,61,63,69)(H2,62,64,70)/t45-,46-,47-,48-/m0/s1. The average molecular weight is 1280 g/mol. The first-order valence-corrected chi connectivity index (χ1v) is 30.4. The van der Waals surface area contributed by atoms with E-state index in [-0.39, 0.29) is 91.1 Å². The summed E-state index contributed by atoms with van der Waals surface area (Å²) in [6.45, 7) is 1.40. The molecule has 20 nitrogen and oxygen atoms in total. The third-order valence-electron chi connectivity index (χ3n) is 13.0. The number of nitrogens with zero attached hydrogens (tertiary/aromatic N) is 2. The van der Waals surface area contributed by atoms with Crippen molar-refractivity contribution in [3.8, 4) is 11.5 Å². The second kappa shape index (κ2) is 31.6. The second-order valence-electron chi connectivity index (χ2n) is 19.2. The highest BCUT2D eigenvalue weighted by molar-refractivity contribution is 7.89. The van der Waals surface area contributed by atoms with E-state index >= 15 is 17.6 Å². The summed E-state index contributed by atoms with van der Waals surface area (Å²) in [6.07, 6.45) is 0.382. The zero-order valence-corrected chi connectivity index (χ0v) is 49.9. The number of amides is 4. The predicted molar refractivity (Wildman–Crippen MR) is 300 cm³/mol. The summed E-state index contributed by atoms with van der Waals surface area (Å²) in [5.41, 5.74) is 2.64. The Kier molecular flexibility index (Phi) is 25.6. The van der Waals surface area contributed by atoms with Crippen molar-refractivity contribution < 1.29 is 72.4 Å². The summed E-state index contributed by atoms with van der Waals surface area (Å²) in [5.74, 6) is -6.29. The van der Waals surface area contributed by atoms with Crippen LogP contribution in [0.3, 0.4) is 0 Å². The Balaban J connectivity index is 0.722. The molecule has 0 unspecified atom stereocenters. The minimum Gasteiger partial charge on any atom is -0.478 e. The van der Waals surface area contributed by atoms with Gasteiger partial charge >= 0.3 is 12.1 Å². The molecule has 454 valence electrons. The third kappa shape index (κ3) is 19.0. The second-order valence-corrected chi connectivity index (χ2v) is 24.4. The van der Waals surface area contributed by atoms with Gasteiger partial charge in [0.25, 0.3) is 0 Å². The Morgan fingerprint density at radius 2 is 0.805 bits per heavy atom. The topological polar surface area (TPSA) is 236 Å². The first kappa shape index (κ1) is 66.6. The summed E-state index contributed by atoms with van der Waals surface area (Å²) < 4.78 is 150. The molecule has 0 heterocycles. The normalized spacial score (nSPS) is 16.8. The molecule has 4 aromatic carbocycles. The smallest absolute Gasteiger partial charge is 0.314 e. The van der Waals surface area contributed by atoms with Crippen LogP contribution in [0.5, 0.6) is 11.5 Å². The number of urea groups is 2. The van der Waals surface area contributed by atoms with Crippen LogP contribution in [0.25, 0.3) is 0 Å². The van der Waals surface area contributed by atoms with Gasteiger partial charge in [0.2, 0.25) is 20.0 Å². The van der Waals surface area contributed by atoms with Crippen molar-refractivity contribution in [1.29, 1.82) is 0 Å². The number of carbonyl (C=O) groups is 2. The lowest BCUT2D eigenvalue weighted by molar-refractivity contribution is 0.0516. The number of benzene rings is 4. The van der Waals surface area contributed by atoms with E-state index in [1.165, 1.54) is 0 Å². The molecule has 0 saturated carbocycles. The maximum Gasteiger partial charge on any atom is 0.314 e. The monoisotopic (exact) mass is 1270 g/mol. The molecule has 0 spiro atoms. The Labute approximate surface area is 494 Å². The Morgan fingerprint density at radius 1 is 0.488 bits per heavy atom. The van der Waals surface area contributed by atoms with Crippen LogP contribution in [-0.4, -0.2) is 171 Å². The zero-order valence-electron chi connectivity index (χ0n) is 45.3. The van der Waals surface area contributed by atoms with Gasteiger partial charge in [0.1, 0.15) is 12.2 Å². The molecule has 6 N–H and O–H groups in total. The van der Waals surface area contributed by atoms with Crippen molar-refractivity contribution in [2.24, 2.45) is 0 Å². The lowest BCUT2D eigenvalue weighted by Crippen LogP contribution is -2.39. The van der Waals surface area contributed by atoms with Crippen LogP contribution in [0.2, 0.25) is 20.1 Å². The molecule has 4 amide bonds. The van der Waals surface area contributed by atoms with Gasteiger partial charge in [-0.3, -0.25) is 0 Å². The number of carbonyl (C=O) groups excluding carboxylic acids is 2. The van der Waals surface area contributed by atoms with Crippen molar-refractivity contribution in [2.45, 2.75) is 59.8 Å². The van der Waals surface area contributed by atoms with Gasteiger partial charge in [-0.15, -0.1) is 0 Å². The van der Waals surface area contributed by atoms with Crippen molar-refractivity contribution in [3.05, 3.63) is 114 Å². The first-order chi connectivity index (χ1) is 39.0. The average Bonchev–Trinajstić information content (AvgIpc) is 4.09. The van der Waals surface area contributed by atoms with Gasteiger partial charge < -0.3 is 59.5 Å². The van der Waals surface area contributed by atoms with Gasteiger partial charge in [-0.1, -0.05) is 46.4 Å². The molecule has 82 heavy (non-hydrogen) atoms. The molecule has 0 aliphatic heterocycles. The molecule has 2 aliphatic carbocycles. The van der Waals surface area contributed by atoms with Crippen molar-refractivity contribution in [1.82, 2.24) is 40.5 Å². The molecule has 0 bridgehead atoms. The van der Waals surface area contributed by atoms with Crippen LogP contribution in [0.1, 0.15) is 47.3 Å². The highest BCUT2D eigenvalue weighted by Gasteiger charge is 2.40. The van der Waals surface area contributed by atoms with Gasteiger partial charge in [0.05, 0.1) is 74.7 Å². The number of halogens is 8. The van der Waals surface area contributed by atoms with Crippen LogP contribution >= 0.6 is 46.4 Å². The molecule has 4 atom stereocenters. The van der Waals surface area contributed by atoms with Crippen LogP contribution in [-0.2, 0) is 51.8 Å². The Bertz CT molecular complexity index is 2830. The predicted octanol–water partition coefficient (Wildman–Crippen LogP) is 6.77. The number of likely N-dealkylation sites (N-methyl/N-ethyl adjacent to an activating group) is 2. The molecular weight excluding hydrogens is 1210 g/mol. The molecular formula is C52H66Cl4F4N8O12S2. The Hall–Kier alpha value is -4.52. The number of ether oxygens (including phenoxy) is 6. The number of hydrogen-bond acceptors (Lipinski definition) is 14. The van der Waals surface area contributed by atoms with Crippen molar-refractivity contribution in [2.75, 3.05) is 120 Å². The van der Waals surface area contributed by atoms with Crippen LogP contribution in [0, 0.1) is 23.3 Å². The number of sulfonamides is 2. The van der Waals surface area contributed by atoms with Gasteiger partial charge in [-0.2, -0.15) is 0 Å². The fourth-order valence-corrected chi connectivity index (χ4v) is 12.1. The molecule has 0 saturated heterocycles. The van der Waals surface area contributed by atoms with E-state index < -0.39 is 88.9 Å². The molecule has 6 rings (SSSR count). The molecule has 0 fully saturated rings. The van der Waals surface area contributed by atoms with Gasteiger partial charge in [-0.25, -0.2) is 53.4 Å². The third-order valence-corrected chi connectivity index (χ3v) is 17.0. The molecule has 4 aromatic rings. The SMILES string of the molecule is CN(C)[C@H]1Cc2c(Cl)cc(Cl)cc2[C@@H]1Oc1c(F)cc(S(=O)(=O)NCCOCCOCCNC(=O)NCCCCNC(=O)NCCOCCOCCNS(=O)(=O)c2cc(F)c(O[C@H]3c4cc(Cl)cc(Cl)c4C[C@@H]3N(C)C)c(F)c2)cc1F. The Morgan fingerprint density at radius 3 is 1.13 bits per heavy atom. The van der Waals surface area contributed by atoms with Gasteiger partial charge in [0.15, 0.2) is 34.8 Å². The highest BCUT2D eigenvalue weighted by Crippen LogP contribution is 2.45. The fraction of sp³-hybridized carbons (Fsp3) is 0.500. The maximum absolute atomic E-state index is 15.3. The quantitative estimate of drug-likeness (QED) is 0.0213. The highest BCUT2D eigenvalue weighted by atomic mass is 35.5. The summed E-state index contributed by atoms with van der Waals surface area (Å²) in [4.78, 5) is 26.6. The van der Waals surface area contributed by atoms with E-state index in [2.05, 4.69) is 30.7 Å². The van der Waals surface area contributed by atoms with Crippen LogP contribution in [0.15, 0.2) is 58.3 Å². The summed E-state index contributed by atoms with van der Waals surface area (Å²) in [7, 11) is -1.49. The first-order valence-electron chi connectivity index (χ1n) is 25.9. The lowest BCUT2D eigenvalue weighted by atomic mass is 10.1. The summed E-state index contributed by atoms with van der Waals surface area (Å²) in [5, 5.41) is 12.1. The molecule has 2 aliphatic rings. The van der Waals surface area contributed by atoms with Gasteiger partial charge in [-0.05, 0) is 114 Å². The minimum atomic E-state index is -4.32. The largest absolute Gasteiger partial charge is 0.478 e. The van der Waals surface area contributed by atoms with Crippen LogP contribution in [0.4, 0.5) is 27.2 Å². The number of unbranched alkanes of at least 4 members (excludes halogenated alkanes) is 1. The van der Waals surface area contributed by atoms with Crippen LogP contribution < -0.4 is 40.2 Å². The van der Waals surface area contributed by atoms with E-state index in [1.54, 1.807) is 52.5 Å². The van der Waals surface area contributed by atoms with E-state index in [4.69, 9.17) is 74.8 Å². The van der Waals surface area contributed by atoms with Crippen molar-refractivity contribution >= 4 is 78.5 Å². The number of nitrogens with one attached hydrogen (secondary N) is 6. The molecule has 0 aromatic heterocycles. The summed E-state index contributed by atoms with van der Waals surface area (Å²) >= 11 is 25.2. The van der Waals surface area contributed by atoms with Crippen molar-refractivity contribution in [3.63, 3.8) is 0 Å². The molecule has 0 radical (unpaired) electrons. The van der Waals surface area contributed by atoms with E-state index in [1.807, 2.05) is 9.80 Å². The number of fused-ring (bicyclic) bond motifs is 2. The number of hydrogen-bond donors (Lipinski definition) is 6. The zero-order chi connectivity index (χ0) is 59.7. The van der Waals surface area contributed by atoms with Gasteiger partial charge in [0, 0.05) is 70.5 Å². The summed E-state index contributed by atoms with van der Waals surface area (Å²) in [6, 6.07) is 7.65. The van der Waals surface area contributed by atoms with E-state index in [0.717, 1.165) is 11.1 Å². The molecule has 30 heteroatoms. The van der Waals surface area contributed by atoms with E-state index in [0.29, 0.717) is 94.3 Å².